The number of benzene rings is 2. The van der Waals surface area contributed by atoms with E-state index in [0.29, 0.717) is 11.6 Å². The van der Waals surface area contributed by atoms with Gasteiger partial charge in [0.15, 0.2) is 12.4 Å². The van der Waals surface area contributed by atoms with Crippen molar-refractivity contribution in [3.8, 4) is 11.4 Å². The van der Waals surface area contributed by atoms with Crippen LogP contribution in [0.15, 0.2) is 60.8 Å². The molecule has 3 aromatic rings. The van der Waals surface area contributed by atoms with E-state index in [2.05, 4.69) is 10.4 Å². The van der Waals surface area contributed by atoms with Crippen LogP contribution in [0.2, 0.25) is 5.02 Å². The molecule has 1 N–H and O–H groups in total. The number of esters is 1. The van der Waals surface area contributed by atoms with E-state index in [-0.39, 0.29) is 30.6 Å². The fourth-order valence-electron chi connectivity index (χ4n) is 2.56. The van der Waals surface area contributed by atoms with Gasteiger partial charge < -0.3 is 14.8 Å². The Labute approximate surface area is 173 Å². The Morgan fingerprint density at radius 3 is 2.66 bits per heavy atom. The third-order valence-electron chi connectivity index (χ3n) is 3.91. The summed E-state index contributed by atoms with van der Waals surface area (Å²) in [5, 5.41) is 7.59. The Morgan fingerprint density at radius 1 is 1.14 bits per heavy atom. The molecule has 0 saturated heterocycles. The molecule has 29 heavy (non-hydrogen) atoms. The highest BCUT2D eigenvalue weighted by Crippen LogP contribution is 2.21. The van der Waals surface area contributed by atoms with Crippen molar-refractivity contribution < 1.29 is 19.1 Å². The van der Waals surface area contributed by atoms with Crippen molar-refractivity contribution in [1.29, 1.82) is 0 Å². The number of ether oxygens (including phenoxy) is 2. The maximum atomic E-state index is 12.2. The van der Waals surface area contributed by atoms with E-state index in [4.69, 9.17) is 21.1 Å². The fraction of sp³-hybridized carbons (Fsp3) is 0.190. The van der Waals surface area contributed by atoms with Gasteiger partial charge in [0.25, 0.3) is 5.91 Å². The molecule has 0 fully saturated rings. The van der Waals surface area contributed by atoms with Crippen molar-refractivity contribution in [3.63, 3.8) is 0 Å². The molecule has 0 saturated carbocycles. The van der Waals surface area contributed by atoms with E-state index in [1.807, 2.05) is 42.5 Å². The van der Waals surface area contributed by atoms with Gasteiger partial charge in [0, 0.05) is 11.6 Å². The van der Waals surface area contributed by atoms with Gasteiger partial charge in [-0.25, -0.2) is 9.48 Å². The number of carbonyl (C=O) groups is 2. The van der Waals surface area contributed by atoms with Gasteiger partial charge in [-0.15, -0.1) is 0 Å². The van der Waals surface area contributed by atoms with Gasteiger partial charge in [0.1, 0.15) is 0 Å². The summed E-state index contributed by atoms with van der Waals surface area (Å²) < 4.78 is 12.1. The highest BCUT2D eigenvalue weighted by molar-refractivity contribution is 6.30. The van der Waals surface area contributed by atoms with Crippen molar-refractivity contribution in [3.05, 3.63) is 77.1 Å². The lowest BCUT2D eigenvalue weighted by Gasteiger charge is -2.07. The summed E-state index contributed by atoms with van der Waals surface area (Å²) in [4.78, 5) is 24.4. The molecule has 0 spiro atoms. The van der Waals surface area contributed by atoms with Gasteiger partial charge in [0.2, 0.25) is 5.69 Å². The van der Waals surface area contributed by atoms with Crippen LogP contribution in [0.4, 0.5) is 0 Å². The fourth-order valence-corrected chi connectivity index (χ4v) is 2.77. The number of hydrogen-bond acceptors (Lipinski definition) is 5. The van der Waals surface area contributed by atoms with Crippen LogP contribution in [0.3, 0.4) is 0 Å². The molecule has 0 unspecified atom stereocenters. The lowest BCUT2D eigenvalue weighted by atomic mass is 10.2. The van der Waals surface area contributed by atoms with Gasteiger partial charge in [-0.3, -0.25) is 4.79 Å². The minimum Gasteiger partial charge on any atom is -0.480 e. The van der Waals surface area contributed by atoms with Crippen LogP contribution in [0, 0.1) is 0 Å². The van der Waals surface area contributed by atoms with Crippen LogP contribution in [0.1, 0.15) is 23.0 Å². The quantitative estimate of drug-likeness (QED) is 0.572. The van der Waals surface area contributed by atoms with E-state index in [9.17, 15) is 9.59 Å². The Balaban J connectivity index is 1.67. The molecule has 3 rings (SSSR count). The minimum absolute atomic E-state index is 0.0124. The molecule has 0 atom stereocenters. The van der Waals surface area contributed by atoms with Crippen LogP contribution in [0.5, 0.6) is 5.75 Å². The summed E-state index contributed by atoms with van der Waals surface area (Å²) in [7, 11) is 0. The first-order valence-electron chi connectivity index (χ1n) is 9.03. The van der Waals surface area contributed by atoms with E-state index >= 15 is 0 Å². The minimum atomic E-state index is -0.614. The normalized spacial score (nSPS) is 10.4. The van der Waals surface area contributed by atoms with Crippen molar-refractivity contribution in [2.24, 2.45) is 0 Å². The molecule has 0 bridgehead atoms. The number of nitrogens with one attached hydrogen (secondary N) is 1. The second-order valence-electron chi connectivity index (χ2n) is 6.04. The number of halogens is 1. The summed E-state index contributed by atoms with van der Waals surface area (Å²) in [6.45, 7) is 1.96. The first-order chi connectivity index (χ1) is 14.1. The molecular weight excluding hydrogens is 394 g/mol. The zero-order valence-electron chi connectivity index (χ0n) is 15.8. The summed E-state index contributed by atoms with van der Waals surface area (Å²) in [6, 6.07) is 16.5. The van der Waals surface area contributed by atoms with Crippen LogP contribution >= 0.6 is 11.6 Å². The number of para-hydroxylation sites is 1. The van der Waals surface area contributed by atoms with Gasteiger partial charge in [-0.05, 0) is 36.8 Å². The maximum Gasteiger partial charge on any atom is 0.362 e. The largest absolute Gasteiger partial charge is 0.480 e. The zero-order valence-corrected chi connectivity index (χ0v) is 16.6. The van der Waals surface area contributed by atoms with Crippen molar-refractivity contribution in [2.45, 2.75) is 13.5 Å². The molecule has 1 amide bonds. The first kappa shape index (κ1) is 20.4. The maximum absolute atomic E-state index is 12.2. The van der Waals surface area contributed by atoms with Crippen molar-refractivity contribution in [1.82, 2.24) is 15.1 Å². The van der Waals surface area contributed by atoms with E-state index in [0.717, 1.165) is 11.3 Å². The molecule has 7 nitrogen and oxygen atoms in total. The number of amides is 1. The predicted molar refractivity (Wildman–Crippen MR) is 108 cm³/mol. The SMILES string of the molecule is CCOC(=O)c1nn(-c2ccccc2)cc1OCC(=O)NCc1cccc(Cl)c1. The predicted octanol–water partition coefficient (Wildman–Crippen LogP) is 3.40. The molecule has 150 valence electrons. The third kappa shape index (κ3) is 5.58. The van der Waals surface area contributed by atoms with Gasteiger partial charge >= 0.3 is 5.97 Å². The Bertz CT molecular complexity index is 989. The highest BCUT2D eigenvalue weighted by Gasteiger charge is 2.21. The standard InChI is InChI=1S/C21H20ClN3O4/c1-2-28-21(27)20-18(13-25(24-20)17-9-4-3-5-10-17)29-14-19(26)23-12-15-7-6-8-16(22)11-15/h3-11,13H,2,12,14H2,1H3,(H,23,26). The monoisotopic (exact) mass is 413 g/mol. The molecule has 0 aliphatic carbocycles. The van der Waals surface area contributed by atoms with E-state index in [1.165, 1.54) is 4.68 Å². The summed E-state index contributed by atoms with van der Waals surface area (Å²) in [5.74, 6) is -0.783. The molecule has 2 aromatic carbocycles. The van der Waals surface area contributed by atoms with E-state index in [1.54, 1.807) is 25.3 Å². The Hall–Kier alpha value is -3.32. The molecule has 8 heteroatoms. The van der Waals surface area contributed by atoms with E-state index < -0.39 is 5.97 Å². The molecule has 0 radical (unpaired) electrons. The Kier molecular flexibility index (Phi) is 6.86. The van der Waals surface area contributed by atoms with Crippen LogP contribution in [0.25, 0.3) is 5.69 Å². The van der Waals surface area contributed by atoms with Gasteiger partial charge in [0.05, 0.1) is 18.5 Å². The number of aromatic nitrogens is 2. The third-order valence-corrected chi connectivity index (χ3v) is 4.14. The van der Waals surface area contributed by atoms with Crippen LogP contribution in [-0.2, 0) is 16.1 Å². The second-order valence-corrected chi connectivity index (χ2v) is 6.47. The molecular formula is C21H20ClN3O4. The number of nitrogens with zero attached hydrogens (tertiary/aromatic N) is 2. The van der Waals surface area contributed by atoms with Crippen LogP contribution < -0.4 is 10.1 Å². The lowest BCUT2D eigenvalue weighted by Crippen LogP contribution is -2.28. The van der Waals surface area contributed by atoms with Crippen LogP contribution in [-0.4, -0.2) is 34.9 Å². The van der Waals surface area contributed by atoms with Crippen molar-refractivity contribution in [2.75, 3.05) is 13.2 Å². The number of hydrogen-bond donors (Lipinski definition) is 1. The molecule has 1 heterocycles. The second kappa shape index (κ2) is 9.75. The number of rotatable bonds is 8. The topological polar surface area (TPSA) is 82.4 Å². The first-order valence-corrected chi connectivity index (χ1v) is 9.40. The molecule has 0 aliphatic rings. The Morgan fingerprint density at radius 2 is 1.93 bits per heavy atom. The van der Waals surface area contributed by atoms with Gasteiger partial charge in [-0.1, -0.05) is 41.9 Å². The summed E-state index contributed by atoms with van der Waals surface area (Å²) in [6.07, 6.45) is 1.55. The average molecular weight is 414 g/mol. The highest BCUT2D eigenvalue weighted by atomic mass is 35.5. The smallest absolute Gasteiger partial charge is 0.362 e. The summed E-state index contributed by atoms with van der Waals surface area (Å²) in [5.41, 5.74) is 1.63. The lowest BCUT2D eigenvalue weighted by molar-refractivity contribution is -0.123. The van der Waals surface area contributed by atoms with Crippen molar-refractivity contribution >= 4 is 23.5 Å². The summed E-state index contributed by atoms with van der Waals surface area (Å²) >= 11 is 5.94. The zero-order chi connectivity index (χ0) is 20.6. The number of carbonyl (C=O) groups excluding carboxylic acids is 2. The molecule has 0 aliphatic heterocycles. The van der Waals surface area contributed by atoms with Gasteiger partial charge in [-0.2, -0.15) is 5.10 Å². The average Bonchev–Trinajstić information content (AvgIpc) is 3.16. The molecule has 1 aromatic heterocycles.